The minimum Gasteiger partial charge on any atom is -0.376 e. The number of nitrogens with one attached hydrogen (secondary N) is 2. The number of rotatable bonds is 3. The van der Waals surface area contributed by atoms with Crippen molar-refractivity contribution in [1.29, 1.82) is 0 Å². The number of hydrogen-bond acceptors (Lipinski definition) is 3. The molecule has 0 spiro atoms. The van der Waals surface area contributed by atoms with Gasteiger partial charge < -0.3 is 15.5 Å². The average molecular weight is 233 g/mol. The van der Waals surface area contributed by atoms with Gasteiger partial charge in [0.1, 0.15) is 0 Å². The van der Waals surface area contributed by atoms with Crippen molar-refractivity contribution in [3.05, 3.63) is 24.3 Å². The van der Waals surface area contributed by atoms with Crippen molar-refractivity contribution in [2.75, 3.05) is 30.9 Å². The van der Waals surface area contributed by atoms with Crippen LogP contribution in [-0.2, 0) is 4.79 Å². The number of amides is 1. The summed E-state index contributed by atoms with van der Waals surface area (Å²) in [4.78, 5) is 14.0. The van der Waals surface area contributed by atoms with Gasteiger partial charge in [0.25, 0.3) is 0 Å². The normalized spacial score (nSPS) is 19.1. The molecule has 1 heterocycles. The first-order valence-corrected chi connectivity index (χ1v) is 5.99. The van der Waals surface area contributed by atoms with Crippen molar-refractivity contribution < 1.29 is 4.79 Å². The molecule has 1 atom stereocenters. The first-order chi connectivity index (χ1) is 8.18. The summed E-state index contributed by atoms with van der Waals surface area (Å²) in [7, 11) is 3.94. The molecule has 1 aromatic carbocycles. The Morgan fingerprint density at radius 3 is 2.82 bits per heavy atom. The predicted molar refractivity (Wildman–Crippen MR) is 70.4 cm³/mol. The molecule has 4 nitrogen and oxygen atoms in total. The first kappa shape index (κ1) is 11.9. The van der Waals surface area contributed by atoms with Crippen LogP contribution in [0.15, 0.2) is 24.3 Å². The van der Waals surface area contributed by atoms with Crippen LogP contribution in [0.5, 0.6) is 0 Å². The fourth-order valence-electron chi connectivity index (χ4n) is 2.10. The SMILES string of the molecule is CN(C)c1ccccc1NC(=O)C1CCCN1. The summed E-state index contributed by atoms with van der Waals surface area (Å²) in [6.45, 7) is 0.938. The molecule has 2 N–H and O–H groups in total. The van der Waals surface area contributed by atoms with Crippen molar-refractivity contribution in [3.8, 4) is 0 Å². The van der Waals surface area contributed by atoms with Crippen molar-refractivity contribution in [1.82, 2.24) is 5.32 Å². The Bertz CT molecular complexity index is 397. The lowest BCUT2D eigenvalue weighted by Crippen LogP contribution is -2.35. The van der Waals surface area contributed by atoms with E-state index in [1.165, 1.54) is 0 Å². The van der Waals surface area contributed by atoms with Crippen LogP contribution >= 0.6 is 0 Å². The third kappa shape index (κ3) is 2.77. The minimum atomic E-state index is -0.0368. The smallest absolute Gasteiger partial charge is 0.241 e. The topological polar surface area (TPSA) is 44.4 Å². The molecule has 0 saturated carbocycles. The van der Waals surface area contributed by atoms with Crippen LogP contribution in [-0.4, -0.2) is 32.6 Å². The van der Waals surface area contributed by atoms with E-state index in [-0.39, 0.29) is 11.9 Å². The predicted octanol–water partition coefficient (Wildman–Crippen LogP) is 1.44. The number of benzene rings is 1. The Morgan fingerprint density at radius 2 is 2.18 bits per heavy atom. The van der Waals surface area contributed by atoms with Gasteiger partial charge in [-0.25, -0.2) is 0 Å². The summed E-state index contributed by atoms with van der Waals surface area (Å²) < 4.78 is 0. The number of anilines is 2. The standard InChI is InChI=1S/C13H19N3O/c1-16(2)12-8-4-3-6-10(12)15-13(17)11-7-5-9-14-11/h3-4,6,8,11,14H,5,7,9H2,1-2H3,(H,15,17). The Labute approximate surface area is 102 Å². The number of para-hydroxylation sites is 2. The first-order valence-electron chi connectivity index (χ1n) is 5.99. The summed E-state index contributed by atoms with van der Waals surface area (Å²) in [6, 6.07) is 7.80. The van der Waals surface area contributed by atoms with Gasteiger partial charge in [-0.2, -0.15) is 0 Å². The molecule has 1 aromatic rings. The van der Waals surface area contributed by atoms with Gasteiger partial charge in [-0.3, -0.25) is 4.79 Å². The Kier molecular flexibility index (Phi) is 3.64. The van der Waals surface area contributed by atoms with E-state index in [0.29, 0.717) is 0 Å². The van der Waals surface area contributed by atoms with Crippen LogP contribution in [0.2, 0.25) is 0 Å². The Hall–Kier alpha value is -1.55. The zero-order valence-electron chi connectivity index (χ0n) is 10.4. The molecule has 1 aliphatic heterocycles. The van der Waals surface area contributed by atoms with E-state index in [1.807, 2.05) is 43.3 Å². The maximum Gasteiger partial charge on any atom is 0.241 e. The summed E-state index contributed by atoms with van der Waals surface area (Å²) in [5.41, 5.74) is 1.90. The number of carbonyl (C=O) groups is 1. The second kappa shape index (κ2) is 5.19. The zero-order chi connectivity index (χ0) is 12.3. The van der Waals surface area contributed by atoms with Crippen LogP contribution in [0, 0.1) is 0 Å². The molecule has 92 valence electrons. The van der Waals surface area contributed by atoms with E-state index in [0.717, 1.165) is 30.8 Å². The third-order valence-electron chi connectivity index (χ3n) is 3.02. The van der Waals surface area contributed by atoms with E-state index < -0.39 is 0 Å². The van der Waals surface area contributed by atoms with Crippen LogP contribution in [0.25, 0.3) is 0 Å². The van der Waals surface area contributed by atoms with E-state index >= 15 is 0 Å². The van der Waals surface area contributed by atoms with Gasteiger partial charge in [0.2, 0.25) is 5.91 Å². The lowest BCUT2D eigenvalue weighted by molar-refractivity contribution is -0.117. The van der Waals surface area contributed by atoms with Crippen LogP contribution in [0.3, 0.4) is 0 Å². The third-order valence-corrected chi connectivity index (χ3v) is 3.02. The van der Waals surface area contributed by atoms with E-state index in [1.54, 1.807) is 0 Å². The van der Waals surface area contributed by atoms with Crippen molar-refractivity contribution in [2.45, 2.75) is 18.9 Å². The Balaban J connectivity index is 2.09. The van der Waals surface area contributed by atoms with E-state index in [2.05, 4.69) is 10.6 Å². The van der Waals surface area contributed by atoms with Gasteiger partial charge in [-0.05, 0) is 31.5 Å². The maximum absolute atomic E-state index is 12.0. The molecule has 1 unspecified atom stereocenters. The molecule has 17 heavy (non-hydrogen) atoms. The number of hydrogen-bond donors (Lipinski definition) is 2. The lowest BCUT2D eigenvalue weighted by atomic mass is 10.2. The zero-order valence-corrected chi connectivity index (χ0v) is 10.4. The molecule has 1 aliphatic rings. The van der Waals surface area contributed by atoms with Gasteiger partial charge in [-0.1, -0.05) is 12.1 Å². The molecular weight excluding hydrogens is 214 g/mol. The van der Waals surface area contributed by atoms with Gasteiger partial charge in [0.15, 0.2) is 0 Å². The molecule has 2 rings (SSSR count). The maximum atomic E-state index is 12.0. The quantitative estimate of drug-likeness (QED) is 0.830. The summed E-state index contributed by atoms with van der Waals surface area (Å²) in [5, 5.41) is 6.19. The average Bonchev–Trinajstić information content (AvgIpc) is 2.83. The van der Waals surface area contributed by atoms with Crippen LogP contribution in [0.4, 0.5) is 11.4 Å². The molecule has 4 heteroatoms. The second-order valence-electron chi connectivity index (χ2n) is 4.55. The highest BCUT2D eigenvalue weighted by Gasteiger charge is 2.22. The summed E-state index contributed by atoms with van der Waals surface area (Å²) >= 11 is 0. The number of nitrogens with zero attached hydrogens (tertiary/aromatic N) is 1. The second-order valence-corrected chi connectivity index (χ2v) is 4.55. The fourth-order valence-corrected chi connectivity index (χ4v) is 2.10. The van der Waals surface area contributed by atoms with Crippen LogP contribution < -0.4 is 15.5 Å². The fraction of sp³-hybridized carbons (Fsp3) is 0.462. The lowest BCUT2D eigenvalue weighted by Gasteiger charge is -2.19. The summed E-state index contributed by atoms with van der Waals surface area (Å²) in [6.07, 6.45) is 2.00. The highest BCUT2D eigenvalue weighted by molar-refractivity contribution is 5.97. The monoisotopic (exact) mass is 233 g/mol. The van der Waals surface area contributed by atoms with Crippen molar-refractivity contribution in [2.24, 2.45) is 0 Å². The van der Waals surface area contributed by atoms with Crippen molar-refractivity contribution in [3.63, 3.8) is 0 Å². The molecule has 1 amide bonds. The van der Waals surface area contributed by atoms with Gasteiger partial charge >= 0.3 is 0 Å². The highest BCUT2D eigenvalue weighted by atomic mass is 16.2. The van der Waals surface area contributed by atoms with Gasteiger partial charge in [-0.15, -0.1) is 0 Å². The molecule has 1 saturated heterocycles. The van der Waals surface area contributed by atoms with Crippen LogP contribution in [0.1, 0.15) is 12.8 Å². The highest BCUT2D eigenvalue weighted by Crippen LogP contribution is 2.23. The molecule has 0 bridgehead atoms. The van der Waals surface area contributed by atoms with Crippen molar-refractivity contribution >= 4 is 17.3 Å². The largest absolute Gasteiger partial charge is 0.376 e. The summed E-state index contributed by atoms with van der Waals surface area (Å²) in [5.74, 6) is 0.0665. The van der Waals surface area contributed by atoms with E-state index in [9.17, 15) is 4.79 Å². The minimum absolute atomic E-state index is 0.0368. The molecule has 0 aliphatic carbocycles. The number of carbonyl (C=O) groups excluding carboxylic acids is 1. The van der Waals surface area contributed by atoms with Gasteiger partial charge in [0.05, 0.1) is 17.4 Å². The molecular formula is C13H19N3O. The van der Waals surface area contributed by atoms with Gasteiger partial charge in [0, 0.05) is 14.1 Å². The van der Waals surface area contributed by atoms with E-state index in [4.69, 9.17) is 0 Å². The Morgan fingerprint density at radius 1 is 1.41 bits per heavy atom. The molecule has 0 aromatic heterocycles. The molecule has 1 fully saturated rings. The molecule has 0 radical (unpaired) electrons.